The van der Waals surface area contributed by atoms with Crippen molar-refractivity contribution in [3.05, 3.63) is 14.4 Å². The maximum Gasteiger partial charge on any atom is 0.210 e. The number of aromatic hydroxyl groups is 1. The summed E-state index contributed by atoms with van der Waals surface area (Å²) in [6, 6.07) is 0. The van der Waals surface area contributed by atoms with Crippen LogP contribution in [0.3, 0.4) is 0 Å². The van der Waals surface area contributed by atoms with Crippen LogP contribution in [-0.4, -0.2) is 21.2 Å². The van der Waals surface area contributed by atoms with E-state index in [2.05, 4.69) is 0 Å². The molecule has 1 heterocycles. The molecule has 1 aromatic heterocycles. The number of hydrogen-bond acceptors (Lipinski definition) is 5. The zero-order valence-electron chi connectivity index (χ0n) is 12.6. The molecule has 0 aliphatic heterocycles. The standard InChI is InChI=1S/C16H19NO3S2/c1-17-14(20)13(22-15(17)21)7-10-11(18)8-16(9-12(10)19)5-3-2-4-6-16/h7,20H,2-6,8-9H2,1H3. The van der Waals surface area contributed by atoms with Gasteiger partial charge in [0, 0.05) is 19.9 Å². The molecule has 0 aromatic carbocycles. The summed E-state index contributed by atoms with van der Waals surface area (Å²) in [5, 5.41) is 10.0. The smallest absolute Gasteiger partial charge is 0.210 e. The molecule has 1 aromatic rings. The Morgan fingerprint density at radius 3 is 2.27 bits per heavy atom. The lowest BCUT2D eigenvalue weighted by molar-refractivity contribution is -0.129. The molecule has 2 aliphatic carbocycles. The summed E-state index contributed by atoms with van der Waals surface area (Å²) >= 11 is 6.32. The zero-order valence-corrected chi connectivity index (χ0v) is 14.2. The summed E-state index contributed by atoms with van der Waals surface area (Å²) in [5.74, 6) is -0.153. The van der Waals surface area contributed by atoms with Crippen molar-refractivity contribution in [3.63, 3.8) is 0 Å². The lowest BCUT2D eigenvalue weighted by Gasteiger charge is -2.39. The number of rotatable bonds is 1. The average Bonchev–Trinajstić information content (AvgIpc) is 2.71. The summed E-state index contributed by atoms with van der Waals surface area (Å²) in [5.41, 5.74) is 0.123. The van der Waals surface area contributed by atoms with Gasteiger partial charge in [-0.05, 0) is 36.6 Å². The van der Waals surface area contributed by atoms with Crippen LogP contribution < -0.4 is 0 Å². The van der Waals surface area contributed by atoms with Gasteiger partial charge in [0.1, 0.15) is 0 Å². The molecular weight excluding hydrogens is 318 g/mol. The van der Waals surface area contributed by atoms with Crippen LogP contribution in [0.25, 0.3) is 6.08 Å². The molecule has 22 heavy (non-hydrogen) atoms. The molecule has 0 radical (unpaired) electrons. The van der Waals surface area contributed by atoms with E-state index in [9.17, 15) is 14.7 Å². The average molecular weight is 337 g/mol. The van der Waals surface area contributed by atoms with Crippen LogP contribution >= 0.6 is 23.6 Å². The van der Waals surface area contributed by atoms with Gasteiger partial charge < -0.3 is 5.11 Å². The van der Waals surface area contributed by atoms with E-state index in [1.165, 1.54) is 28.4 Å². The number of aromatic nitrogens is 1. The quantitative estimate of drug-likeness (QED) is 0.481. The predicted octanol–water partition coefficient (Wildman–Crippen LogP) is 3.79. The fourth-order valence-electron chi connectivity index (χ4n) is 3.59. The summed E-state index contributed by atoms with van der Waals surface area (Å²) in [4.78, 5) is 25.5. The Balaban J connectivity index is 1.91. The van der Waals surface area contributed by atoms with Gasteiger partial charge in [-0.2, -0.15) is 0 Å². The van der Waals surface area contributed by atoms with Crippen LogP contribution in [0.15, 0.2) is 5.57 Å². The molecule has 0 bridgehead atoms. The van der Waals surface area contributed by atoms with Crippen molar-refractivity contribution in [1.29, 1.82) is 0 Å². The summed E-state index contributed by atoms with van der Waals surface area (Å²) in [7, 11) is 1.66. The summed E-state index contributed by atoms with van der Waals surface area (Å²) < 4.78 is 2.00. The number of thiazole rings is 1. The fourth-order valence-corrected chi connectivity index (χ4v) is 4.76. The highest BCUT2D eigenvalue weighted by atomic mass is 32.1. The maximum atomic E-state index is 12.5. The number of ketones is 2. The number of nitrogens with zero attached hydrogens (tertiary/aromatic N) is 1. The number of Topliss-reactive ketones (excluding diaryl/α,β-unsaturated/α-hetero) is 2. The second-order valence-electron chi connectivity index (χ2n) is 6.43. The van der Waals surface area contributed by atoms with Gasteiger partial charge in [-0.3, -0.25) is 14.2 Å². The van der Waals surface area contributed by atoms with Gasteiger partial charge in [0.2, 0.25) is 5.88 Å². The van der Waals surface area contributed by atoms with Crippen LogP contribution in [0.2, 0.25) is 0 Å². The number of hydrogen-bond donors (Lipinski definition) is 1. The lowest BCUT2D eigenvalue weighted by Crippen LogP contribution is -2.37. The van der Waals surface area contributed by atoms with E-state index in [4.69, 9.17) is 12.2 Å². The number of allylic oxidation sites excluding steroid dienone is 1. The van der Waals surface area contributed by atoms with E-state index in [-0.39, 0.29) is 28.4 Å². The van der Waals surface area contributed by atoms with Crippen molar-refractivity contribution in [2.75, 3.05) is 0 Å². The first-order valence-corrected chi connectivity index (χ1v) is 8.81. The summed E-state index contributed by atoms with van der Waals surface area (Å²) in [6.45, 7) is 0. The highest BCUT2D eigenvalue weighted by Crippen LogP contribution is 2.46. The monoisotopic (exact) mass is 337 g/mol. The molecule has 118 valence electrons. The van der Waals surface area contributed by atoms with Crippen LogP contribution in [0, 0.1) is 9.37 Å². The maximum absolute atomic E-state index is 12.5. The van der Waals surface area contributed by atoms with Crippen molar-refractivity contribution in [2.45, 2.75) is 44.9 Å². The molecule has 6 heteroatoms. The predicted molar refractivity (Wildman–Crippen MR) is 88.5 cm³/mol. The molecule has 0 atom stereocenters. The molecule has 2 saturated carbocycles. The highest BCUT2D eigenvalue weighted by Gasteiger charge is 2.42. The zero-order chi connectivity index (χ0) is 15.9. The Morgan fingerprint density at radius 1 is 1.18 bits per heavy atom. The minimum absolute atomic E-state index is 0.0149. The topological polar surface area (TPSA) is 59.3 Å². The minimum Gasteiger partial charge on any atom is -0.493 e. The summed E-state index contributed by atoms with van der Waals surface area (Å²) in [6.07, 6.45) is 7.83. The van der Waals surface area contributed by atoms with Crippen LogP contribution in [0.5, 0.6) is 5.88 Å². The van der Waals surface area contributed by atoms with Crippen molar-refractivity contribution in [1.82, 2.24) is 4.57 Å². The third-order valence-corrected chi connectivity index (χ3v) is 6.36. The van der Waals surface area contributed by atoms with Crippen LogP contribution in [-0.2, 0) is 16.6 Å². The minimum atomic E-state index is -0.102. The van der Waals surface area contributed by atoms with Crippen LogP contribution in [0.4, 0.5) is 0 Å². The third kappa shape index (κ3) is 2.70. The molecular formula is C16H19NO3S2. The lowest BCUT2D eigenvalue weighted by atomic mass is 9.63. The van der Waals surface area contributed by atoms with E-state index < -0.39 is 0 Å². The molecule has 2 aliphatic rings. The van der Waals surface area contributed by atoms with Gasteiger partial charge in [-0.1, -0.05) is 19.3 Å². The Kier molecular flexibility index (Phi) is 4.07. The SMILES string of the molecule is Cn1c(O)c(C=C2C(=O)CC3(CCCCC3)CC2=O)sc1=S. The largest absolute Gasteiger partial charge is 0.493 e. The van der Waals surface area contributed by atoms with E-state index >= 15 is 0 Å². The van der Waals surface area contributed by atoms with Gasteiger partial charge in [0.15, 0.2) is 15.5 Å². The Labute approximate surface area is 138 Å². The highest BCUT2D eigenvalue weighted by molar-refractivity contribution is 7.73. The van der Waals surface area contributed by atoms with Gasteiger partial charge in [0.05, 0.1) is 10.5 Å². The second-order valence-corrected chi connectivity index (χ2v) is 8.11. The molecule has 0 unspecified atom stereocenters. The Bertz CT molecular complexity index is 698. The van der Waals surface area contributed by atoms with E-state index in [0.29, 0.717) is 21.7 Å². The van der Waals surface area contributed by atoms with Gasteiger partial charge in [-0.15, -0.1) is 11.3 Å². The molecule has 1 spiro atoms. The first-order valence-electron chi connectivity index (χ1n) is 7.59. The second kappa shape index (κ2) is 5.74. The first kappa shape index (κ1) is 15.6. The number of carbonyl (C=O) groups excluding carboxylic acids is 2. The van der Waals surface area contributed by atoms with E-state index in [0.717, 1.165) is 25.7 Å². The first-order chi connectivity index (χ1) is 10.4. The van der Waals surface area contributed by atoms with Gasteiger partial charge in [0.25, 0.3) is 0 Å². The normalized spacial score (nSPS) is 21.4. The molecule has 0 amide bonds. The Morgan fingerprint density at radius 2 is 1.77 bits per heavy atom. The number of carbonyl (C=O) groups is 2. The van der Waals surface area contributed by atoms with Gasteiger partial charge >= 0.3 is 0 Å². The molecule has 0 saturated heterocycles. The third-order valence-electron chi connectivity index (χ3n) is 4.87. The molecule has 1 N–H and O–H groups in total. The Hall–Kier alpha value is -1.27. The van der Waals surface area contributed by atoms with E-state index in [1.54, 1.807) is 7.05 Å². The van der Waals surface area contributed by atoms with Crippen molar-refractivity contribution in [2.24, 2.45) is 12.5 Å². The molecule has 3 rings (SSSR count). The molecule has 4 nitrogen and oxygen atoms in total. The molecule has 2 fully saturated rings. The van der Waals surface area contributed by atoms with E-state index in [1.807, 2.05) is 0 Å². The van der Waals surface area contributed by atoms with Crippen LogP contribution in [0.1, 0.15) is 49.8 Å². The fraction of sp³-hybridized carbons (Fsp3) is 0.562. The van der Waals surface area contributed by atoms with Gasteiger partial charge in [-0.25, -0.2) is 0 Å². The van der Waals surface area contributed by atoms with Crippen molar-refractivity contribution in [3.8, 4) is 5.88 Å². The van der Waals surface area contributed by atoms with Crippen molar-refractivity contribution < 1.29 is 14.7 Å². The van der Waals surface area contributed by atoms with Crippen molar-refractivity contribution >= 4 is 41.2 Å².